The van der Waals surface area contributed by atoms with E-state index in [1.54, 1.807) is 0 Å². The van der Waals surface area contributed by atoms with Crippen LogP contribution in [0.15, 0.2) is 6.20 Å². The van der Waals surface area contributed by atoms with Crippen LogP contribution in [0.4, 0.5) is 5.82 Å². The van der Waals surface area contributed by atoms with E-state index in [1.165, 1.54) is 43.2 Å². The number of hydrogen-bond acceptors (Lipinski definition) is 4. The van der Waals surface area contributed by atoms with Gasteiger partial charge in [0.05, 0.1) is 11.9 Å². The Bertz CT molecular complexity index is 655. The van der Waals surface area contributed by atoms with Gasteiger partial charge in [-0.25, -0.2) is 0 Å². The van der Waals surface area contributed by atoms with Crippen LogP contribution in [-0.4, -0.2) is 27.0 Å². The third-order valence-electron chi connectivity index (χ3n) is 4.83. The lowest BCUT2D eigenvalue weighted by atomic mass is 9.89. The molecule has 0 radical (unpaired) electrons. The number of nitrogens with zero attached hydrogens (tertiary/aromatic N) is 4. The first kappa shape index (κ1) is 18.4. The minimum absolute atomic E-state index is 0.453. The van der Waals surface area contributed by atoms with Crippen molar-refractivity contribution < 1.29 is 0 Å². The van der Waals surface area contributed by atoms with Gasteiger partial charge in [-0.2, -0.15) is 5.10 Å². The van der Waals surface area contributed by atoms with Crippen molar-refractivity contribution in [3.05, 3.63) is 22.9 Å². The SMILES string of the molecule is CCCCCCC(C)c1c(-c2c(C)cnn2C)nnc(NC)c1C. The quantitative estimate of drug-likeness (QED) is 0.719. The van der Waals surface area contributed by atoms with Crippen LogP contribution >= 0.6 is 0 Å². The van der Waals surface area contributed by atoms with Crippen molar-refractivity contribution in [3.63, 3.8) is 0 Å². The molecule has 5 heteroatoms. The molecule has 2 aromatic rings. The third kappa shape index (κ3) is 3.77. The van der Waals surface area contributed by atoms with Gasteiger partial charge in [-0.3, -0.25) is 4.68 Å². The first-order valence-electron chi connectivity index (χ1n) is 9.05. The highest BCUT2D eigenvalue weighted by atomic mass is 15.3. The minimum Gasteiger partial charge on any atom is -0.371 e. The van der Waals surface area contributed by atoms with Crippen LogP contribution in [0.1, 0.15) is 68.6 Å². The molecule has 0 saturated carbocycles. The number of anilines is 1. The molecule has 0 spiro atoms. The molecule has 2 rings (SSSR count). The highest BCUT2D eigenvalue weighted by Gasteiger charge is 2.22. The summed E-state index contributed by atoms with van der Waals surface area (Å²) in [5.41, 5.74) is 5.70. The van der Waals surface area contributed by atoms with E-state index >= 15 is 0 Å². The number of rotatable bonds is 8. The largest absolute Gasteiger partial charge is 0.371 e. The second kappa shape index (κ2) is 8.27. The van der Waals surface area contributed by atoms with Gasteiger partial charge in [-0.15, -0.1) is 10.2 Å². The zero-order chi connectivity index (χ0) is 17.7. The fourth-order valence-electron chi connectivity index (χ4n) is 3.46. The Balaban J connectivity index is 2.43. The van der Waals surface area contributed by atoms with Gasteiger partial charge in [0, 0.05) is 14.1 Å². The second-order valence-electron chi connectivity index (χ2n) is 6.74. The zero-order valence-electron chi connectivity index (χ0n) is 16.0. The lowest BCUT2D eigenvalue weighted by Gasteiger charge is -2.20. The summed E-state index contributed by atoms with van der Waals surface area (Å²) in [7, 11) is 3.88. The van der Waals surface area contributed by atoms with E-state index in [4.69, 9.17) is 0 Å². The molecule has 1 unspecified atom stereocenters. The molecule has 132 valence electrons. The molecule has 0 fully saturated rings. The van der Waals surface area contributed by atoms with Crippen molar-refractivity contribution in [2.24, 2.45) is 7.05 Å². The van der Waals surface area contributed by atoms with E-state index in [2.05, 4.69) is 48.3 Å². The number of aryl methyl sites for hydroxylation is 2. The Morgan fingerprint density at radius 2 is 1.92 bits per heavy atom. The third-order valence-corrected chi connectivity index (χ3v) is 4.83. The molecule has 2 heterocycles. The fourth-order valence-corrected chi connectivity index (χ4v) is 3.46. The smallest absolute Gasteiger partial charge is 0.151 e. The summed E-state index contributed by atoms with van der Waals surface area (Å²) < 4.78 is 1.91. The summed E-state index contributed by atoms with van der Waals surface area (Å²) in [6, 6.07) is 0. The van der Waals surface area contributed by atoms with E-state index in [0.29, 0.717) is 5.92 Å². The Morgan fingerprint density at radius 3 is 2.50 bits per heavy atom. The van der Waals surface area contributed by atoms with Crippen LogP contribution < -0.4 is 5.32 Å². The topological polar surface area (TPSA) is 55.6 Å². The Kier molecular flexibility index (Phi) is 6.35. The molecule has 0 bridgehead atoms. The van der Waals surface area contributed by atoms with Crippen LogP contribution in [0.2, 0.25) is 0 Å². The second-order valence-corrected chi connectivity index (χ2v) is 6.74. The Morgan fingerprint density at radius 1 is 1.17 bits per heavy atom. The van der Waals surface area contributed by atoms with E-state index in [1.807, 2.05) is 25.0 Å². The minimum atomic E-state index is 0.453. The predicted molar refractivity (Wildman–Crippen MR) is 100 cm³/mol. The average molecular weight is 329 g/mol. The molecule has 24 heavy (non-hydrogen) atoms. The standard InChI is InChI=1S/C19H31N5/c1-7-8-9-10-11-13(2)16-15(4)19(20-5)23-22-17(16)18-14(3)12-21-24(18)6/h12-13H,7-11H2,1-6H3,(H,20,23). The summed E-state index contributed by atoms with van der Waals surface area (Å²) in [5, 5.41) is 16.5. The van der Waals surface area contributed by atoms with Crippen LogP contribution in [0.3, 0.4) is 0 Å². The van der Waals surface area contributed by atoms with Crippen molar-refractivity contribution in [2.75, 3.05) is 12.4 Å². The monoisotopic (exact) mass is 329 g/mol. The summed E-state index contributed by atoms with van der Waals surface area (Å²) in [4.78, 5) is 0. The maximum Gasteiger partial charge on any atom is 0.151 e. The zero-order valence-corrected chi connectivity index (χ0v) is 16.0. The summed E-state index contributed by atoms with van der Waals surface area (Å²) >= 11 is 0. The highest BCUT2D eigenvalue weighted by Crippen LogP contribution is 2.35. The molecule has 2 aromatic heterocycles. The summed E-state index contributed by atoms with van der Waals surface area (Å²) in [6.07, 6.45) is 8.23. The van der Waals surface area contributed by atoms with Crippen LogP contribution in [-0.2, 0) is 7.05 Å². The summed E-state index contributed by atoms with van der Waals surface area (Å²) in [5.74, 6) is 1.32. The molecule has 0 aliphatic heterocycles. The number of unbranched alkanes of at least 4 members (excludes halogenated alkanes) is 3. The first-order valence-corrected chi connectivity index (χ1v) is 9.05. The van der Waals surface area contributed by atoms with E-state index in [0.717, 1.165) is 22.8 Å². The van der Waals surface area contributed by atoms with Gasteiger partial charge in [0.15, 0.2) is 5.82 Å². The lowest BCUT2D eigenvalue weighted by Crippen LogP contribution is -2.10. The molecule has 0 saturated heterocycles. The Labute approximate surface area is 145 Å². The van der Waals surface area contributed by atoms with E-state index < -0.39 is 0 Å². The van der Waals surface area contributed by atoms with Gasteiger partial charge >= 0.3 is 0 Å². The molecule has 1 atom stereocenters. The first-order chi connectivity index (χ1) is 11.5. The number of hydrogen-bond donors (Lipinski definition) is 1. The van der Waals surface area contributed by atoms with Gasteiger partial charge < -0.3 is 5.32 Å². The van der Waals surface area contributed by atoms with Crippen molar-refractivity contribution in [3.8, 4) is 11.4 Å². The van der Waals surface area contributed by atoms with Crippen molar-refractivity contribution in [2.45, 2.75) is 65.7 Å². The van der Waals surface area contributed by atoms with Crippen molar-refractivity contribution in [1.82, 2.24) is 20.0 Å². The Hall–Kier alpha value is -1.91. The molecule has 0 amide bonds. The van der Waals surface area contributed by atoms with Crippen LogP contribution in [0.5, 0.6) is 0 Å². The molecule has 0 aromatic carbocycles. The molecule has 0 aliphatic carbocycles. The van der Waals surface area contributed by atoms with Gasteiger partial charge in [0.25, 0.3) is 0 Å². The van der Waals surface area contributed by atoms with Crippen molar-refractivity contribution in [1.29, 1.82) is 0 Å². The predicted octanol–water partition coefficient (Wildman–Crippen LogP) is 4.61. The maximum atomic E-state index is 4.57. The molecule has 0 aliphatic rings. The van der Waals surface area contributed by atoms with Crippen LogP contribution in [0, 0.1) is 13.8 Å². The average Bonchev–Trinajstić information content (AvgIpc) is 2.89. The van der Waals surface area contributed by atoms with Gasteiger partial charge in [-0.1, -0.05) is 39.5 Å². The number of nitrogens with one attached hydrogen (secondary N) is 1. The molecular formula is C19H31N5. The van der Waals surface area contributed by atoms with Gasteiger partial charge in [0.1, 0.15) is 5.69 Å². The lowest BCUT2D eigenvalue weighted by molar-refractivity contribution is 0.577. The normalized spacial score (nSPS) is 12.4. The maximum absolute atomic E-state index is 4.57. The van der Waals surface area contributed by atoms with E-state index in [-0.39, 0.29) is 0 Å². The fraction of sp³-hybridized carbons (Fsp3) is 0.632. The highest BCUT2D eigenvalue weighted by molar-refractivity contribution is 5.67. The van der Waals surface area contributed by atoms with E-state index in [9.17, 15) is 0 Å². The van der Waals surface area contributed by atoms with Crippen LogP contribution in [0.25, 0.3) is 11.4 Å². The molecular weight excluding hydrogens is 298 g/mol. The summed E-state index contributed by atoms with van der Waals surface area (Å²) in [6.45, 7) is 8.79. The van der Waals surface area contributed by atoms with Gasteiger partial charge in [0.2, 0.25) is 0 Å². The molecule has 1 N–H and O–H groups in total. The number of aromatic nitrogens is 4. The van der Waals surface area contributed by atoms with Crippen molar-refractivity contribution >= 4 is 5.82 Å². The van der Waals surface area contributed by atoms with Gasteiger partial charge in [-0.05, 0) is 42.9 Å². The molecule has 5 nitrogen and oxygen atoms in total.